The molecule has 92 valence electrons. The van der Waals surface area contributed by atoms with Gasteiger partial charge in [0.25, 0.3) is 0 Å². The van der Waals surface area contributed by atoms with Crippen LogP contribution in [0, 0.1) is 0 Å². The number of nitrogens with one attached hydrogen (secondary N) is 1. The first kappa shape index (κ1) is 14.8. The van der Waals surface area contributed by atoms with Crippen molar-refractivity contribution in [1.29, 1.82) is 0 Å². The van der Waals surface area contributed by atoms with Crippen molar-refractivity contribution < 1.29 is 9.47 Å². The molecule has 0 rings (SSSR count). The number of likely N-dealkylation sites (N-methyl/N-ethyl adjacent to an activating group) is 1. The Kier molecular flexibility index (Phi) is 11.8. The molecule has 0 spiro atoms. The van der Waals surface area contributed by atoms with Crippen molar-refractivity contribution in [1.82, 2.24) is 10.2 Å². The quantitative estimate of drug-likeness (QED) is 0.514. The highest BCUT2D eigenvalue weighted by Gasteiger charge is 1.96. The van der Waals surface area contributed by atoms with Gasteiger partial charge < -0.3 is 19.7 Å². The van der Waals surface area contributed by atoms with Crippen molar-refractivity contribution >= 4 is 0 Å². The molecule has 1 N–H and O–H groups in total. The average Bonchev–Trinajstić information content (AvgIpc) is 2.23. The Hall–Kier alpha value is -0.160. The maximum Gasteiger partial charge on any atom is 0.0593 e. The maximum atomic E-state index is 5.28. The van der Waals surface area contributed by atoms with Crippen LogP contribution in [0.2, 0.25) is 0 Å². The van der Waals surface area contributed by atoms with Crippen LogP contribution in [0.25, 0.3) is 0 Å². The Balaban J connectivity index is 3.06. The lowest BCUT2D eigenvalue weighted by Gasteiger charge is -2.16. The fraction of sp³-hybridized carbons (Fsp3) is 1.00. The Labute approximate surface area is 93.9 Å². The molecule has 0 aromatic heterocycles. The summed E-state index contributed by atoms with van der Waals surface area (Å²) in [6.07, 6.45) is 0. The normalized spacial score (nSPS) is 11.2. The fourth-order valence-electron chi connectivity index (χ4n) is 1.16. The molecule has 0 saturated heterocycles. The van der Waals surface area contributed by atoms with E-state index in [9.17, 15) is 0 Å². The van der Waals surface area contributed by atoms with E-state index in [2.05, 4.69) is 17.3 Å². The highest BCUT2D eigenvalue weighted by Crippen LogP contribution is 1.82. The van der Waals surface area contributed by atoms with E-state index >= 15 is 0 Å². The Morgan fingerprint density at radius 3 is 2.27 bits per heavy atom. The van der Waals surface area contributed by atoms with Gasteiger partial charge in [-0.2, -0.15) is 0 Å². The topological polar surface area (TPSA) is 33.7 Å². The van der Waals surface area contributed by atoms with E-state index in [1.165, 1.54) is 0 Å². The average molecular weight is 218 g/mol. The molecule has 0 unspecified atom stereocenters. The molecular formula is C11H26N2O2. The minimum Gasteiger partial charge on any atom is -0.380 e. The van der Waals surface area contributed by atoms with E-state index in [4.69, 9.17) is 9.47 Å². The molecule has 0 aromatic carbocycles. The maximum absolute atomic E-state index is 5.28. The second-order valence-corrected chi connectivity index (χ2v) is 3.45. The van der Waals surface area contributed by atoms with Gasteiger partial charge in [0.1, 0.15) is 0 Å². The summed E-state index contributed by atoms with van der Waals surface area (Å²) >= 11 is 0. The summed E-state index contributed by atoms with van der Waals surface area (Å²) in [5.41, 5.74) is 0. The Morgan fingerprint density at radius 1 is 0.933 bits per heavy atom. The van der Waals surface area contributed by atoms with Crippen LogP contribution in [0.15, 0.2) is 0 Å². The SMILES string of the molecule is CCOCCNCCN(C)CCOCC. The molecule has 0 bridgehead atoms. The lowest BCUT2D eigenvalue weighted by Crippen LogP contribution is -2.32. The molecule has 15 heavy (non-hydrogen) atoms. The first-order chi connectivity index (χ1) is 7.31. The van der Waals surface area contributed by atoms with E-state index in [1.807, 2.05) is 13.8 Å². The van der Waals surface area contributed by atoms with Crippen LogP contribution in [-0.2, 0) is 9.47 Å². The number of hydrogen-bond acceptors (Lipinski definition) is 4. The third-order valence-electron chi connectivity index (χ3n) is 2.12. The zero-order valence-electron chi connectivity index (χ0n) is 10.4. The third kappa shape index (κ3) is 11.8. The van der Waals surface area contributed by atoms with Gasteiger partial charge in [-0.25, -0.2) is 0 Å². The lowest BCUT2D eigenvalue weighted by atomic mass is 10.5. The molecule has 0 atom stereocenters. The second kappa shape index (κ2) is 11.9. The predicted octanol–water partition coefficient (Wildman–Crippen LogP) is 0.581. The lowest BCUT2D eigenvalue weighted by molar-refractivity contribution is 0.121. The van der Waals surface area contributed by atoms with E-state index < -0.39 is 0 Å². The van der Waals surface area contributed by atoms with Crippen molar-refractivity contribution in [2.24, 2.45) is 0 Å². The monoisotopic (exact) mass is 218 g/mol. The second-order valence-electron chi connectivity index (χ2n) is 3.45. The van der Waals surface area contributed by atoms with Crippen molar-refractivity contribution in [2.45, 2.75) is 13.8 Å². The van der Waals surface area contributed by atoms with Gasteiger partial charge in [-0.3, -0.25) is 0 Å². The summed E-state index contributed by atoms with van der Waals surface area (Å²) in [6, 6.07) is 0. The molecule has 4 heteroatoms. The number of nitrogens with zero attached hydrogens (tertiary/aromatic N) is 1. The van der Waals surface area contributed by atoms with E-state index in [-0.39, 0.29) is 0 Å². The van der Waals surface area contributed by atoms with Gasteiger partial charge in [-0.1, -0.05) is 0 Å². The molecule has 0 aliphatic rings. The van der Waals surface area contributed by atoms with Gasteiger partial charge in [-0.15, -0.1) is 0 Å². The van der Waals surface area contributed by atoms with E-state index in [1.54, 1.807) is 0 Å². The first-order valence-corrected chi connectivity index (χ1v) is 5.86. The Bertz CT molecular complexity index is 123. The summed E-state index contributed by atoms with van der Waals surface area (Å²) in [6.45, 7) is 11.3. The van der Waals surface area contributed by atoms with Crippen LogP contribution in [0.3, 0.4) is 0 Å². The standard InChI is InChI=1S/C11H26N2O2/c1-4-14-10-7-12-6-8-13(3)9-11-15-5-2/h12H,4-11H2,1-3H3. The van der Waals surface area contributed by atoms with Crippen molar-refractivity contribution in [3.8, 4) is 0 Å². The van der Waals surface area contributed by atoms with Crippen LogP contribution in [0.5, 0.6) is 0 Å². The molecule has 0 heterocycles. The molecule has 0 fully saturated rings. The van der Waals surface area contributed by atoms with Gasteiger partial charge in [0.15, 0.2) is 0 Å². The number of ether oxygens (including phenoxy) is 2. The van der Waals surface area contributed by atoms with Crippen molar-refractivity contribution in [3.05, 3.63) is 0 Å². The summed E-state index contributed by atoms with van der Waals surface area (Å²) in [7, 11) is 2.11. The minimum atomic E-state index is 0.802. The highest BCUT2D eigenvalue weighted by molar-refractivity contribution is 4.54. The van der Waals surface area contributed by atoms with Crippen molar-refractivity contribution in [2.75, 3.05) is 59.7 Å². The largest absolute Gasteiger partial charge is 0.380 e. The summed E-state index contributed by atoms with van der Waals surface area (Å²) in [5, 5.41) is 3.33. The van der Waals surface area contributed by atoms with Crippen molar-refractivity contribution in [3.63, 3.8) is 0 Å². The molecule has 0 aliphatic carbocycles. The van der Waals surface area contributed by atoms with Gasteiger partial charge in [-0.05, 0) is 20.9 Å². The summed E-state index contributed by atoms with van der Waals surface area (Å²) in [5.74, 6) is 0. The third-order valence-corrected chi connectivity index (χ3v) is 2.12. The molecule has 0 aliphatic heterocycles. The summed E-state index contributed by atoms with van der Waals surface area (Å²) in [4.78, 5) is 2.27. The number of rotatable bonds is 11. The van der Waals surface area contributed by atoms with Gasteiger partial charge in [0.2, 0.25) is 0 Å². The van der Waals surface area contributed by atoms with E-state index in [0.29, 0.717) is 0 Å². The zero-order chi connectivity index (χ0) is 11.4. The van der Waals surface area contributed by atoms with E-state index in [0.717, 1.165) is 52.6 Å². The number of hydrogen-bond donors (Lipinski definition) is 1. The minimum absolute atomic E-state index is 0.802. The zero-order valence-corrected chi connectivity index (χ0v) is 10.4. The molecule has 0 saturated carbocycles. The van der Waals surface area contributed by atoms with Crippen LogP contribution in [0.1, 0.15) is 13.8 Å². The highest BCUT2D eigenvalue weighted by atomic mass is 16.5. The molecule has 0 radical (unpaired) electrons. The van der Waals surface area contributed by atoms with Crippen LogP contribution >= 0.6 is 0 Å². The molecule has 4 nitrogen and oxygen atoms in total. The smallest absolute Gasteiger partial charge is 0.0593 e. The van der Waals surface area contributed by atoms with Gasteiger partial charge in [0, 0.05) is 39.4 Å². The molecule has 0 amide bonds. The Morgan fingerprint density at radius 2 is 1.60 bits per heavy atom. The van der Waals surface area contributed by atoms with Crippen LogP contribution in [0.4, 0.5) is 0 Å². The van der Waals surface area contributed by atoms with Gasteiger partial charge in [0.05, 0.1) is 13.2 Å². The van der Waals surface area contributed by atoms with Crippen LogP contribution < -0.4 is 5.32 Å². The van der Waals surface area contributed by atoms with Gasteiger partial charge >= 0.3 is 0 Å². The molecular weight excluding hydrogens is 192 g/mol. The summed E-state index contributed by atoms with van der Waals surface area (Å²) < 4.78 is 10.5. The first-order valence-electron chi connectivity index (χ1n) is 5.86. The molecule has 0 aromatic rings. The predicted molar refractivity (Wildman–Crippen MR) is 63.4 cm³/mol. The van der Waals surface area contributed by atoms with Crippen LogP contribution in [-0.4, -0.2) is 64.6 Å². The fourth-order valence-corrected chi connectivity index (χ4v) is 1.16.